The van der Waals surface area contributed by atoms with Gasteiger partial charge >= 0.3 is 0 Å². The standard InChI is InChI=1S/C23H24ClN3O5/c1-3-25-23(30)22-20(21(26-32-22)16-11-17(24)19(29)12-18(16)28)15-5-4-14(10-13(15)2)27-6-8-31-9-7-27/h4-5,10-12,28-29H,3,6-9H2,1-2H3,(H,25,30). The van der Waals surface area contributed by atoms with E-state index in [-0.39, 0.29) is 33.5 Å². The molecule has 0 aliphatic carbocycles. The van der Waals surface area contributed by atoms with E-state index in [1.165, 1.54) is 6.07 Å². The summed E-state index contributed by atoms with van der Waals surface area (Å²) < 4.78 is 10.9. The van der Waals surface area contributed by atoms with Crippen molar-refractivity contribution >= 4 is 23.2 Å². The normalized spacial score (nSPS) is 13.9. The Hall–Kier alpha value is -3.23. The number of aromatic hydroxyl groups is 2. The molecule has 0 bridgehead atoms. The molecule has 1 aliphatic rings. The van der Waals surface area contributed by atoms with E-state index in [4.69, 9.17) is 20.9 Å². The highest BCUT2D eigenvalue weighted by Gasteiger charge is 2.27. The maximum Gasteiger partial charge on any atom is 0.290 e. The molecular weight excluding hydrogens is 434 g/mol. The van der Waals surface area contributed by atoms with Crippen LogP contribution in [0.2, 0.25) is 5.02 Å². The molecule has 1 fully saturated rings. The highest BCUT2D eigenvalue weighted by Crippen LogP contribution is 2.43. The molecule has 1 aromatic heterocycles. The number of amides is 1. The van der Waals surface area contributed by atoms with Gasteiger partial charge in [0.1, 0.15) is 17.2 Å². The second-order valence-corrected chi connectivity index (χ2v) is 7.92. The number of rotatable bonds is 5. The number of phenols is 2. The molecule has 4 rings (SSSR count). The molecule has 9 heteroatoms. The summed E-state index contributed by atoms with van der Waals surface area (Å²) in [7, 11) is 0. The van der Waals surface area contributed by atoms with Crippen molar-refractivity contribution in [3.05, 3.63) is 46.7 Å². The van der Waals surface area contributed by atoms with Gasteiger partial charge in [0.05, 0.1) is 23.8 Å². The highest BCUT2D eigenvalue weighted by atomic mass is 35.5. The largest absolute Gasteiger partial charge is 0.507 e. The van der Waals surface area contributed by atoms with Crippen molar-refractivity contribution in [3.63, 3.8) is 0 Å². The van der Waals surface area contributed by atoms with E-state index in [0.717, 1.165) is 36.0 Å². The summed E-state index contributed by atoms with van der Waals surface area (Å²) in [5.74, 6) is -0.866. The van der Waals surface area contributed by atoms with Crippen molar-refractivity contribution in [3.8, 4) is 33.9 Å². The lowest BCUT2D eigenvalue weighted by molar-refractivity contribution is 0.0920. The summed E-state index contributed by atoms with van der Waals surface area (Å²) in [5.41, 5.74) is 3.66. The van der Waals surface area contributed by atoms with Crippen LogP contribution in [-0.4, -0.2) is 54.1 Å². The zero-order chi connectivity index (χ0) is 22.8. The molecule has 1 saturated heterocycles. The van der Waals surface area contributed by atoms with Crippen LogP contribution in [-0.2, 0) is 4.74 Å². The van der Waals surface area contributed by atoms with E-state index in [9.17, 15) is 15.0 Å². The monoisotopic (exact) mass is 457 g/mol. The lowest BCUT2D eigenvalue weighted by Crippen LogP contribution is -2.36. The van der Waals surface area contributed by atoms with Crippen molar-refractivity contribution in [2.75, 3.05) is 37.7 Å². The molecule has 1 aliphatic heterocycles. The topological polar surface area (TPSA) is 108 Å². The Bertz CT molecular complexity index is 1150. The van der Waals surface area contributed by atoms with Gasteiger partial charge in [-0.05, 0) is 43.2 Å². The van der Waals surface area contributed by atoms with Crippen LogP contribution in [0, 0.1) is 6.92 Å². The average molecular weight is 458 g/mol. The van der Waals surface area contributed by atoms with Crippen molar-refractivity contribution < 1.29 is 24.3 Å². The zero-order valence-electron chi connectivity index (χ0n) is 17.8. The Kier molecular flexibility index (Phi) is 6.25. The summed E-state index contributed by atoms with van der Waals surface area (Å²) in [6.07, 6.45) is 0. The molecule has 0 atom stereocenters. The minimum absolute atomic E-state index is 0.0349. The molecule has 32 heavy (non-hydrogen) atoms. The Labute approximate surface area is 190 Å². The molecule has 8 nitrogen and oxygen atoms in total. The third-order valence-electron chi connectivity index (χ3n) is 5.41. The van der Waals surface area contributed by atoms with E-state index in [1.807, 2.05) is 32.0 Å². The number of hydrogen-bond donors (Lipinski definition) is 3. The van der Waals surface area contributed by atoms with Crippen LogP contribution in [0.15, 0.2) is 34.9 Å². The van der Waals surface area contributed by atoms with Gasteiger partial charge in [-0.25, -0.2) is 0 Å². The Morgan fingerprint density at radius 1 is 1.16 bits per heavy atom. The Morgan fingerprint density at radius 2 is 1.91 bits per heavy atom. The number of hydrogen-bond acceptors (Lipinski definition) is 7. The first kappa shape index (κ1) is 22.0. The van der Waals surface area contributed by atoms with E-state index < -0.39 is 5.91 Å². The number of aryl methyl sites for hydroxylation is 1. The summed E-state index contributed by atoms with van der Waals surface area (Å²) in [4.78, 5) is 15.0. The van der Waals surface area contributed by atoms with Crippen LogP contribution < -0.4 is 10.2 Å². The number of benzene rings is 2. The van der Waals surface area contributed by atoms with Gasteiger partial charge in [-0.3, -0.25) is 4.79 Å². The molecule has 0 spiro atoms. The summed E-state index contributed by atoms with van der Waals surface area (Å²) in [6, 6.07) is 8.47. The van der Waals surface area contributed by atoms with E-state index in [1.54, 1.807) is 0 Å². The maximum absolute atomic E-state index is 12.7. The first-order chi connectivity index (χ1) is 15.4. The van der Waals surface area contributed by atoms with E-state index in [0.29, 0.717) is 25.3 Å². The summed E-state index contributed by atoms with van der Waals surface area (Å²) >= 11 is 6.08. The Morgan fingerprint density at radius 3 is 2.59 bits per heavy atom. The number of aromatic nitrogens is 1. The molecule has 0 saturated carbocycles. The number of nitrogens with one attached hydrogen (secondary N) is 1. The highest BCUT2D eigenvalue weighted by molar-refractivity contribution is 6.32. The van der Waals surface area contributed by atoms with Crippen molar-refractivity contribution in [2.45, 2.75) is 13.8 Å². The van der Waals surface area contributed by atoms with Gasteiger partial charge < -0.3 is 29.7 Å². The third-order valence-corrected chi connectivity index (χ3v) is 5.71. The van der Waals surface area contributed by atoms with E-state index in [2.05, 4.69) is 15.4 Å². The fourth-order valence-corrected chi connectivity index (χ4v) is 3.97. The van der Waals surface area contributed by atoms with E-state index >= 15 is 0 Å². The number of ether oxygens (including phenoxy) is 1. The lowest BCUT2D eigenvalue weighted by atomic mass is 9.94. The fraction of sp³-hybridized carbons (Fsp3) is 0.304. The molecule has 3 N–H and O–H groups in total. The van der Waals surface area contributed by atoms with Crippen LogP contribution in [0.1, 0.15) is 23.0 Å². The van der Waals surface area contributed by atoms with Crippen molar-refractivity contribution in [1.82, 2.24) is 10.5 Å². The molecule has 3 aromatic rings. The SMILES string of the molecule is CCNC(=O)c1onc(-c2cc(Cl)c(O)cc2O)c1-c1ccc(N2CCOCC2)cc1C. The predicted molar refractivity (Wildman–Crippen MR) is 121 cm³/mol. The van der Waals surface area contributed by atoms with Crippen LogP contribution in [0.4, 0.5) is 5.69 Å². The van der Waals surface area contributed by atoms with Gasteiger partial charge in [0.2, 0.25) is 5.76 Å². The van der Waals surface area contributed by atoms with Crippen LogP contribution in [0.3, 0.4) is 0 Å². The second kappa shape index (κ2) is 9.10. The quantitative estimate of drug-likeness (QED) is 0.532. The molecule has 2 heterocycles. The Balaban J connectivity index is 1.86. The van der Waals surface area contributed by atoms with Gasteiger partial charge in [-0.2, -0.15) is 0 Å². The number of nitrogens with zero attached hydrogens (tertiary/aromatic N) is 2. The van der Waals surface area contributed by atoms with Gasteiger partial charge in [0.25, 0.3) is 5.91 Å². The van der Waals surface area contributed by atoms with Gasteiger partial charge in [0.15, 0.2) is 0 Å². The number of anilines is 1. The molecule has 1 amide bonds. The third kappa shape index (κ3) is 4.11. The smallest absolute Gasteiger partial charge is 0.290 e. The zero-order valence-corrected chi connectivity index (χ0v) is 18.6. The summed E-state index contributed by atoms with van der Waals surface area (Å²) in [5, 5.41) is 27.1. The predicted octanol–water partition coefficient (Wildman–Crippen LogP) is 3.97. The average Bonchev–Trinajstić information content (AvgIpc) is 3.21. The fourth-order valence-electron chi connectivity index (χ4n) is 3.81. The molecule has 168 valence electrons. The first-order valence-corrected chi connectivity index (χ1v) is 10.7. The molecule has 2 aromatic carbocycles. The second-order valence-electron chi connectivity index (χ2n) is 7.51. The van der Waals surface area contributed by atoms with Crippen molar-refractivity contribution in [1.29, 1.82) is 0 Å². The lowest BCUT2D eigenvalue weighted by Gasteiger charge is -2.29. The number of carbonyl (C=O) groups excluding carboxylic acids is 1. The van der Waals surface area contributed by atoms with Crippen LogP contribution in [0.25, 0.3) is 22.4 Å². The number of halogens is 1. The van der Waals surface area contributed by atoms with Crippen LogP contribution >= 0.6 is 11.6 Å². The minimum atomic E-state index is -0.415. The van der Waals surface area contributed by atoms with Crippen molar-refractivity contribution in [2.24, 2.45) is 0 Å². The van der Waals surface area contributed by atoms with Crippen LogP contribution in [0.5, 0.6) is 11.5 Å². The molecular formula is C23H24ClN3O5. The molecule has 0 unspecified atom stereocenters. The number of phenolic OH excluding ortho intramolecular Hbond substituents is 2. The number of carbonyl (C=O) groups is 1. The van der Waals surface area contributed by atoms with Gasteiger partial charge in [0, 0.05) is 37.0 Å². The number of morpholine rings is 1. The van der Waals surface area contributed by atoms with Gasteiger partial charge in [-0.1, -0.05) is 22.8 Å². The maximum atomic E-state index is 12.7. The molecule has 0 radical (unpaired) electrons. The van der Waals surface area contributed by atoms with Gasteiger partial charge in [-0.15, -0.1) is 0 Å². The first-order valence-electron chi connectivity index (χ1n) is 10.3. The minimum Gasteiger partial charge on any atom is -0.507 e. The summed E-state index contributed by atoms with van der Waals surface area (Å²) in [6.45, 7) is 7.14.